The highest BCUT2D eigenvalue weighted by molar-refractivity contribution is 6.37. The number of hydrogen-bond acceptors (Lipinski definition) is 2. The van der Waals surface area contributed by atoms with Crippen molar-refractivity contribution in [3.63, 3.8) is 0 Å². The molecule has 0 atom stereocenters. The molecule has 5 heteroatoms. The zero-order valence-corrected chi connectivity index (χ0v) is 12.4. The molecule has 1 saturated heterocycles. The van der Waals surface area contributed by atoms with E-state index in [4.69, 9.17) is 27.9 Å². The third-order valence-electron chi connectivity index (χ3n) is 3.40. The van der Waals surface area contributed by atoms with E-state index in [1.807, 2.05) is 4.90 Å². The Bertz CT molecular complexity index is 437. The van der Waals surface area contributed by atoms with E-state index in [0.29, 0.717) is 21.7 Å². The van der Waals surface area contributed by atoms with Crippen LogP contribution in [0.25, 0.3) is 0 Å². The molecule has 0 N–H and O–H groups in total. The number of ether oxygens (including phenoxy) is 1. The van der Waals surface area contributed by atoms with E-state index in [2.05, 4.69) is 6.92 Å². The van der Waals surface area contributed by atoms with Crippen LogP contribution >= 0.6 is 23.2 Å². The third-order valence-corrected chi connectivity index (χ3v) is 3.99. The van der Waals surface area contributed by atoms with Gasteiger partial charge in [-0.25, -0.2) is 0 Å². The average molecular weight is 302 g/mol. The lowest BCUT2D eigenvalue weighted by molar-refractivity contribution is -0.134. The molecule has 1 aromatic carbocycles. The summed E-state index contributed by atoms with van der Waals surface area (Å²) in [6, 6.07) is 5.12. The van der Waals surface area contributed by atoms with Gasteiger partial charge in [-0.3, -0.25) is 4.79 Å². The molecule has 19 heavy (non-hydrogen) atoms. The zero-order chi connectivity index (χ0) is 13.8. The van der Waals surface area contributed by atoms with Crippen LogP contribution in [0.5, 0.6) is 5.75 Å². The minimum atomic E-state index is -0.0160. The molecule has 0 saturated carbocycles. The first-order chi connectivity index (χ1) is 9.08. The Morgan fingerprint density at radius 1 is 1.32 bits per heavy atom. The predicted octanol–water partition coefficient (Wildman–Crippen LogP) is 3.63. The van der Waals surface area contributed by atoms with Crippen molar-refractivity contribution in [1.29, 1.82) is 0 Å². The molecule has 1 amide bonds. The molecule has 104 valence electrons. The second-order valence-electron chi connectivity index (χ2n) is 4.90. The van der Waals surface area contributed by atoms with E-state index < -0.39 is 0 Å². The zero-order valence-electron chi connectivity index (χ0n) is 10.9. The summed E-state index contributed by atoms with van der Waals surface area (Å²) in [4.78, 5) is 13.9. The number of halogens is 2. The van der Waals surface area contributed by atoms with Gasteiger partial charge < -0.3 is 9.64 Å². The molecule has 1 heterocycles. The first kappa shape index (κ1) is 14.5. The van der Waals surface area contributed by atoms with Gasteiger partial charge in [0.25, 0.3) is 5.91 Å². The summed E-state index contributed by atoms with van der Waals surface area (Å²) in [5.74, 6) is 1.07. The van der Waals surface area contributed by atoms with E-state index >= 15 is 0 Å². The first-order valence-electron chi connectivity index (χ1n) is 6.42. The molecule has 1 fully saturated rings. The molecular formula is C14H17Cl2NO2. The Morgan fingerprint density at radius 3 is 2.47 bits per heavy atom. The highest BCUT2D eigenvalue weighted by atomic mass is 35.5. The number of likely N-dealkylation sites (tertiary alicyclic amines) is 1. The molecule has 0 spiro atoms. The van der Waals surface area contributed by atoms with Crippen molar-refractivity contribution >= 4 is 29.1 Å². The van der Waals surface area contributed by atoms with Crippen molar-refractivity contribution in [2.24, 2.45) is 5.92 Å². The number of benzene rings is 1. The van der Waals surface area contributed by atoms with Gasteiger partial charge in [0.2, 0.25) is 0 Å². The number of rotatable bonds is 3. The van der Waals surface area contributed by atoms with Crippen molar-refractivity contribution < 1.29 is 9.53 Å². The number of piperidine rings is 1. The van der Waals surface area contributed by atoms with Gasteiger partial charge in [-0.15, -0.1) is 0 Å². The van der Waals surface area contributed by atoms with Crippen molar-refractivity contribution in [3.05, 3.63) is 28.2 Å². The Kier molecular flexibility index (Phi) is 4.94. The second kappa shape index (κ2) is 6.49. The van der Waals surface area contributed by atoms with E-state index in [0.717, 1.165) is 25.9 Å². The van der Waals surface area contributed by atoms with Gasteiger partial charge in [-0.05, 0) is 30.9 Å². The highest BCUT2D eigenvalue weighted by Crippen LogP contribution is 2.32. The smallest absolute Gasteiger partial charge is 0.260 e. The molecule has 3 nitrogen and oxygen atoms in total. The van der Waals surface area contributed by atoms with Crippen LogP contribution in [0.3, 0.4) is 0 Å². The Labute approximate surface area is 123 Å². The Balaban J connectivity index is 1.90. The van der Waals surface area contributed by atoms with Crippen molar-refractivity contribution in [1.82, 2.24) is 4.90 Å². The van der Waals surface area contributed by atoms with Crippen LogP contribution in [0.1, 0.15) is 19.8 Å². The Morgan fingerprint density at radius 2 is 1.89 bits per heavy atom. The minimum Gasteiger partial charge on any atom is -0.481 e. The lowest BCUT2D eigenvalue weighted by atomic mass is 9.99. The number of hydrogen-bond donors (Lipinski definition) is 0. The van der Waals surface area contributed by atoms with Crippen molar-refractivity contribution in [2.75, 3.05) is 19.7 Å². The summed E-state index contributed by atoms with van der Waals surface area (Å²) in [6.45, 7) is 3.80. The summed E-state index contributed by atoms with van der Waals surface area (Å²) < 4.78 is 5.45. The fourth-order valence-corrected chi connectivity index (χ4v) is 2.61. The van der Waals surface area contributed by atoms with Gasteiger partial charge in [0.15, 0.2) is 12.4 Å². The minimum absolute atomic E-state index is 0.0112. The number of carbonyl (C=O) groups is 1. The summed E-state index contributed by atoms with van der Waals surface area (Å²) >= 11 is 12.0. The maximum absolute atomic E-state index is 12.0. The summed E-state index contributed by atoms with van der Waals surface area (Å²) in [6.07, 6.45) is 2.11. The van der Waals surface area contributed by atoms with Crippen LogP contribution in [-0.4, -0.2) is 30.5 Å². The summed E-state index contributed by atoms with van der Waals surface area (Å²) in [7, 11) is 0. The second-order valence-corrected chi connectivity index (χ2v) is 5.72. The summed E-state index contributed by atoms with van der Waals surface area (Å²) in [5.41, 5.74) is 0. The van der Waals surface area contributed by atoms with Gasteiger partial charge in [0.05, 0.1) is 10.0 Å². The number of para-hydroxylation sites is 1. The quantitative estimate of drug-likeness (QED) is 0.853. The van der Waals surface area contributed by atoms with Crippen LogP contribution in [0.2, 0.25) is 10.0 Å². The van der Waals surface area contributed by atoms with E-state index in [1.54, 1.807) is 18.2 Å². The molecule has 1 aromatic rings. The lowest BCUT2D eigenvalue weighted by Gasteiger charge is -2.30. The fraction of sp³-hybridized carbons (Fsp3) is 0.500. The van der Waals surface area contributed by atoms with Gasteiger partial charge in [0.1, 0.15) is 0 Å². The predicted molar refractivity (Wildman–Crippen MR) is 76.9 cm³/mol. The van der Waals surface area contributed by atoms with Crippen LogP contribution in [0.4, 0.5) is 0 Å². The number of amides is 1. The molecule has 1 aliphatic rings. The van der Waals surface area contributed by atoms with Gasteiger partial charge in [-0.2, -0.15) is 0 Å². The van der Waals surface area contributed by atoms with E-state index in [-0.39, 0.29) is 12.5 Å². The molecule has 0 radical (unpaired) electrons. The molecule has 1 aliphatic heterocycles. The maximum Gasteiger partial charge on any atom is 0.260 e. The molecule has 2 rings (SSSR count). The van der Waals surface area contributed by atoms with E-state index in [9.17, 15) is 4.79 Å². The van der Waals surface area contributed by atoms with Gasteiger partial charge >= 0.3 is 0 Å². The molecule has 0 aliphatic carbocycles. The fourth-order valence-electron chi connectivity index (χ4n) is 2.10. The van der Waals surface area contributed by atoms with Gasteiger partial charge in [0, 0.05) is 13.1 Å². The van der Waals surface area contributed by atoms with Crippen LogP contribution in [-0.2, 0) is 4.79 Å². The number of carbonyl (C=O) groups excluding carboxylic acids is 1. The topological polar surface area (TPSA) is 29.5 Å². The highest BCUT2D eigenvalue weighted by Gasteiger charge is 2.21. The van der Waals surface area contributed by atoms with Crippen LogP contribution < -0.4 is 4.74 Å². The molecular weight excluding hydrogens is 285 g/mol. The first-order valence-corrected chi connectivity index (χ1v) is 7.18. The maximum atomic E-state index is 12.0. The monoisotopic (exact) mass is 301 g/mol. The number of nitrogens with zero attached hydrogens (tertiary/aromatic N) is 1. The molecule has 0 bridgehead atoms. The Hall–Kier alpha value is -0.930. The average Bonchev–Trinajstić information content (AvgIpc) is 2.38. The third kappa shape index (κ3) is 3.77. The van der Waals surface area contributed by atoms with Crippen LogP contribution in [0, 0.1) is 5.92 Å². The summed E-state index contributed by atoms with van der Waals surface area (Å²) in [5, 5.41) is 0.847. The largest absolute Gasteiger partial charge is 0.481 e. The van der Waals surface area contributed by atoms with E-state index in [1.165, 1.54) is 0 Å². The van der Waals surface area contributed by atoms with Crippen LogP contribution in [0.15, 0.2) is 18.2 Å². The SMILES string of the molecule is CC1CCN(C(=O)COc2c(Cl)cccc2Cl)CC1. The van der Waals surface area contributed by atoms with Crippen molar-refractivity contribution in [3.8, 4) is 5.75 Å². The lowest BCUT2D eigenvalue weighted by Crippen LogP contribution is -2.40. The molecule has 0 aromatic heterocycles. The standard InChI is InChI=1S/C14H17Cl2NO2/c1-10-5-7-17(8-6-10)13(18)9-19-14-11(15)3-2-4-12(14)16/h2-4,10H,5-9H2,1H3. The van der Waals surface area contributed by atoms with Gasteiger partial charge in [-0.1, -0.05) is 36.2 Å². The normalized spacial score (nSPS) is 16.5. The molecule has 0 unspecified atom stereocenters. The van der Waals surface area contributed by atoms with Crippen molar-refractivity contribution in [2.45, 2.75) is 19.8 Å².